The number of aliphatic hydroxyl groups excluding tert-OH is 1. The maximum atomic E-state index is 11.1. The van der Waals surface area contributed by atoms with Gasteiger partial charge in [0.1, 0.15) is 6.61 Å². The molecular weight excluding hydrogens is 264 g/mol. The zero-order valence-electron chi connectivity index (χ0n) is 12.4. The predicted molar refractivity (Wildman–Crippen MR) is 84.7 cm³/mol. The molecule has 0 bridgehead atoms. The fraction of sp³-hybridized carbons (Fsp3) is 0.471. The molecule has 1 atom stereocenters. The van der Waals surface area contributed by atoms with Crippen molar-refractivity contribution in [1.82, 2.24) is 10.2 Å². The van der Waals surface area contributed by atoms with E-state index in [2.05, 4.69) is 34.5 Å². The summed E-state index contributed by atoms with van der Waals surface area (Å²) in [6.45, 7) is 3.31. The molecule has 1 aromatic carbocycles. The van der Waals surface area contributed by atoms with E-state index in [1.165, 1.54) is 12.0 Å². The second-order valence-corrected chi connectivity index (χ2v) is 5.54. The van der Waals surface area contributed by atoms with E-state index in [0.717, 1.165) is 26.1 Å². The third kappa shape index (κ3) is 5.69. The molecule has 1 aliphatic rings. The molecule has 1 saturated heterocycles. The number of carbonyl (C=O) groups is 1. The summed E-state index contributed by atoms with van der Waals surface area (Å²) in [6, 6.07) is 10.3. The van der Waals surface area contributed by atoms with Crippen molar-refractivity contribution in [3.8, 4) is 0 Å². The van der Waals surface area contributed by atoms with Crippen molar-refractivity contribution in [2.45, 2.75) is 12.8 Å². The molecule has 0 saturated carbocycles. The van der Waals surface area contributed by atoms with Gasteiger partial charge in [0.2, 0.25) is 5.91 Å². The molecule has 0 spiro atoms. The average molecular weight is 288 g/mol. The Balaban J connectivity index is 1.73. The Morgan fingerprint density at radius 1 is 1.38 bits per heavy atom. The molecule has 1 heterocycles. The molecule has 1 aromatic rings. The van der Waals surface area contributed by atoms with Gasteiger partial charge in [-0.05, 0) is 30.9 Å². The predicted octanol–water partition coefficient (Wildman–Crippen LogP) is 1.52. The van der Waals surface area contributed by atoms with E-state index in [4.69, 9.17) is 5.11 Å². The van der Waals surface area contributed by atoms with Crippen molar-refractivity contribution >= 4 is 12.0 Å². The lowest BCUT2D eigenvalue weighted by Crippen LogP contribution is -2.41. The van der Waals surface area contributed by atoms with Crippen LogP contribution in [0.2, 0.25) is 0 Å². The molecule has 0 aromatic heterocycles. The Hall–Kier alpha value is -1.65. The fourth-order valence-electron chi connectivity index (χ4n) is 2.70. The molecule has 1 unspecified atom stereocenters. The van der Waals surface area contributed by atoms with Crippen LogP contribution in [-0.2, 0) is 4.79 Å². The summed E-state index contributed by atoms with van der Waals surface area (Å²) >= 11 is 0. The summed E-state index contributed by atoms with van der Waals surface area (Å²) in [4.78, 5) is 13.5. The molecule has 1 amide bonds. The Labute approximate surface area is 126 Å². The van der Waals surface area contributed by atoms with Crippen LogP contribution in [0.5, 0.6) is 0 Å². The molecule has 114 valence electrons. The molecular formula is C17H24N2O2. The van der Waals surface area contributed by atoms with E-state index >= 15 is 0 Å². The minimum absolute atomic E-state index is 0.281. The monoisotopic (exact) mass is 288 g/mol. The second-order valence-electron chi connectivity index (χ2n) is 5.54. The van der Waals surface area contributed by atoms with Crippen LogP contribution in [0.3, 0.4) is 0 Å². The molecule has 2 rings (SSSR count). The normalized spacial score (nSPS) is 19.8. The van der Waals surface area contributed by atoms with Gasteiger partial charge in [-0.1, -0.05) is 42.5 Å². The van der Waals surface area contributed by atoms with E-state index in [1.807, 2.05) is 18.2 Å². The number of aliphatic hydroxyl groups is 1. The number of hydrogen-bond acceptors (Lipinski definition) is 3. The first kappa shape index (κ1) is 15.7. The number of amides is 1. The Kier molecular flexibility index (Phi) is 6.44. The van der Waals surface area contributed by atoms with Gasteiger partial charge in [0.25, 0.3) is 0 Å². The maximum absolute atomic E-state index is 11.1. The summed E-state index contributed by atoms with van der Waals surface area (Å²) < 4.78 is 0. The number of benzene rings is 1. The van der Waals surface area contributed by atoms with Gasteiger partial charge in [-0.15, -0.1) is 0 Å². The number of rotatable bonds is 6. The van der Waals surface area contributed by atoms with Crippen LogP contribution in [0.4, 0.5) is 0 Å². The van der Waals surface area contributed by atoms with Gasteiger partial charge in [-0.2, -0.15) is 0 Å². The number of nitrogens with one attached hydrogen (secondary N) is 1. The van der Waals surface area contributed by atoms with Crippen LogP contribution in [0, 0.1) is 5.92 Å². The standard InChI is InChI=1S/C17H24N2O2/c20-14-17(21)18-12-16-9-5-11-19(13-16)10-4-8-15-6-2-1-3-7-15/h1-4,6-8,16,20H,5,9-14H2,(H,18,21). The van der Waals surface area contributed by atoms with Crippen molar-refractivity contribution in [2.24, 2.45) is 5.92 Å². The Morgan fingerprint density at radius 2 is 2.19 bits per heavy atom. The summed E-state index contributed by atoms with van der Waals surface area (Å²) in [5.41, 5.74) is 1.22. The lowest BCUT2D eigenvalue weighted by molar-refractivity contribution is -0.124. The molecule has 21 heavy (non-hydrogen) atoms. The topological polar surface area (TPSA) is 52.6 Å². The van der Waals surface area contributed by atoms with Crippen molar-refractivity contribution in [1.29, 1.82) is 0 Å². The van der Waals surface area contributed by atoms with Crippen molar-refractivity contribution in [3.05, 3.63) is 42.0 Å². The molecule has 1 aliphatic heterocycles. The number of likely N-dealkylation sites (tertiary alicyclic amines) is 1. The quantitative estimate of drug-likeness (QED) is 0.834. The second kappa shape index (κ2) is 8.60. The van der Waals surface area contributed by atoms with Gasteiger partial charge in [-0.25, -0.2) is 0 Å². The lowest BCUT2D eigenvalue weighted by Gasteiger charge is -2.32. The van der Waals surface area contributed by atoms with Gasteiger partial charge < -0.3 is 10.4 Å². The highest BCUT2D eigenvalue weighted by atomic mass is 16.3. The summed E-state index contributed by atoms with van der Waals surface area (Å²) in [5.74, 6) is 0.204. The van der Waals surface area contributed by atoms with Crippen LogP contribution >= 0.6 is 0 Å². The van der Waals surface area contributed by atoms with Crippen LogP contribution in [0.25, 0.3) is 6.08 Å². The highest BCUT2D eigenvalue weighted by Crippen LogP contribution is 2.15. The summed E-state index contributed by atoms with van der Waals surface area (Å²) in [7, 11) is 0. The van der Waals surface area contributed by atoms with E-state index < -0.39 is 6.61 Å². The molecule has 4 nitrogen and oxygen atoms in total. The molecule has 1 fully saturated rings. The zero-order chi connectivity index (χ0) is 14.9. The number of nitrogens with zero attached hydrogens (tertiary/aromatic N) is 1. The Bertz CT molecular complexity index is 459. The van der Waals surface area contributed by atoms with Crippen molar-refractivity contribution in [3.63, 3.8) is 0 Å². The Morgan fingerprint density at radius 3 is 2.95 bits per heavy atom. The highest BCUT2D eigenvalue weighted by molar-refractivity contribution is 5.76. The number of piperidine rings is 1. The van der Waals surface area contributed by atoms with Crippen LogP contribution in [0.1, 0.15) is 18.4 Å². The van der Waals surface area contributed by atoms with Gasteiger partial charge in [-0.3, -0.25) is 9.69 Å². The van der Waals surface area contributed by atoms with E-state index in [9.17, 15) is 4.79 Å². The highest BCUT2D eigenvalue weighted by Gasteiger charge is 2.19. The third-order valence-corrected chi connectivity index (χ3v) is 3.81. The average Bonchev–Trinajstić information content (AvgIpc) is 2.54. The molecule has 0 radical (unpaired) electrons. The van der Waals surface area contributed by atoms with Crippen LogP contribution in [0.15, 0.2) is 36.4 Å². The first-order valence-electron chi connectivity index (χ1n) is 7.59. The first-order valence-corrected chi connectivity index (χ1v) is 7.59. The van der Waals surface area contributed by atoms with Crippen molar-refractivity contribution in [2.75, 3.05) is 32.8 Å². The number of hydrogen-bond donors (Lipinski definition) is 2. The lowest BCUT2D eigenvalue weighted by atomic mass is 9.98. The smallest absolute Gasteiger partial charge is 0.245 e. The molecule has 2 N–H and O–H groups in total. The van der Waals surface area contributed by atoms with E-state index in [0.29, 0.717) is 12.5 Å². The largest absolute Gasteiger partial charge is 0.387 e. The van der Waals surface area contributed by atoms with Gasteiger partial charge in [0, 0.05) is 19.6 Å². The van der Waals surface area contributed by atoms with Crippen LogP contribution < -0.4 is 5.32 Å². The fourth-order valence-corrected chi connectivity index (χ4v) is 2.70. The third-order valence-electron chi connectivity index (χ3n) is 3.81. The maximum Gasteiger partial charge on any atom is 0.245 e. The summed E-state index contributed by atoms with van der Waals surface area (Å²) in [6.07, 6.45) is 6.66. The van der Waals surface area contributed by atoms with E-state index in [-0.39, 0.29) is 5.91 Å². The SMILES string of the molecule is O=C(CO)NCC1CCCN(CC=Cc2ccccc2)C1. The molecule has 0 aliphatic carbocycles. The summed E-state index contributed by atoms with van der Waals surface area (Å²) in [5, 5.41) is 11.5. The minimum Gasteiger partial charge on any atom is -0.387 e. The molecule has 4 heteroatoms. The van der Waals surface area contributed by atoms with Gasteiger partial charge in [0.15, 0.2) is 0 Å². The first-order chi connectivity index (χ1) is 10.3. The van der Waals surface area contributed by atoms with Crippen LogP contribution in [-0.4, -0.2) is 48.7 Å². The van der Waals surface area contributed by atoms with Crippen molar-refractivity contribution < 1.29 is 9.90 Å². The number of carbonyl (C=O) groups excluding carboxylic acids is 1. The van der Waals surface area contributed by atoms with Gasteiger partial charge in [0.05, 0.1) is 0 Å². The minimum atomic E-state index is -0.420. The van der Waals surface area contributed by atoms with Gasteiger partial charge >= 0.3 is 0 Å². The van der Waals surface area contributed by atoms with E-state index in [1.54, 1.807) is 0 Å². The zero-order valence-corrected chi connectivity index (χ0v) is 12.4.